The van der Waals surface area contributed by atoms with Gasteiger partial charge in [-0.15, -0.1) is 0 Å². The van der Waals surface area contributed by atoms with Gasteiger partial charge in [-0.25, -0.2) is 4.98 Å². The third-order valence-corrected chi connectivity index (χ3v) is 0.713. The number of H-pyrrole nitrogens is 1. The monoisotopic (exact) mass is 118 g/mol. The van der Waals surface area contributed by atoms with E-state index in [2.05, 4.69) is 16.5 Å². The summed E-state index contributed by atoms with van der Waals surface area (Å²) in [6.45, 7) is 3.51. The minimum Gasteiger partial charge on any atom is -1.00 e. The van der Waals surface area contributed by atoms with Crippen LogP contribution in [0.2, 0.25) is 0 Å². The van der Waals surface area contributed by atoms with Gasteiger partial charge in [0.25, 0.3) is 0 Å². The van der Waals surface area contributed by atoms with Crippen LogP contribution in [-0.4, -0.2) is 9.97 Å². The Morgan fingerprint density at radius 2 is 2.62 bits per heavy atom. The van der Waals surface area contributed by atoms with Crippen molar-refractivity contribution >= 4 is 6.08 Å². The van der Waals surface area contributed by atoms with Crippen LogP contribution in [0.5, 0.6) is 0 Å². The van der Waals surface area contributed by atoms with Gasteiger partial charge in [-0.3, -0.25) is 0 Å². The molecule has 1 N–H and O–H groups in total. The van der Waals surface area contributed by atoms with E-state index in [9.17, 15) is 0 Å². The maximum atomic E-state index is 3.86. The molecule has 0 saturated heterocycles. The molecule has 0 aliphatic carbocycles. The molecule has 0 aliphatic heterocycles. The number of aromatic nitrogens is 2. The Hall–Kier alpha value is -0.0500. The Morgan fingerprint density at radius 3 is 2.88 bits per heavy atom. The van der Waals surface area contributed by atoms with E-state index in [1.54, 1.807) is 18.5 Å². The fraction of sp³-hybridized carbons (Fsp3) is 0. The summed E-state index contributed by atoms with van der Waals surface area (Å²) in [6.07, 6.45) is 5.12. The Bertz CT molecular complexity index is 150. The first-order valence-corrected chi connectivity index (χ1v) is 2.05. The van der Waals surface area contributed by atoms with Crippen LogP contribution in [0.3, 0.4) is 0 Å². The van der Waals surface area contributed by atoms with E-state index in [-0.39, 0.29) is 31.0 Å². The quantitative estimate of drug-likeness (QED) is 0.432. The van der Waals surface area contributed by atoms with Crippen molar-refractivity contribution in [3.05, 3.63) is 24.8 Å². The number of aromatic amines is 1. The van der Waals surface area contributed by atoms with Gasteiger partial charge in [-0.05, 0) is 6.08 Å². The Labute approximate surface area is 71.8 Å². The van der Waals surface area contributed by atoms with Crippen molar-refractivity contribution < 1.29 is 31.0 Å². The molecule has 1 aromatic heterocycles. The molecular weight excluding hydrogens is 111 g/mol. The Kier molecular flexibility index (Phi) is 3.87. The third kappa shape index (κ3) is 1.82. The third-order valence-electron chi connectivity index (χ3n) is 0.713. The molecule has 0 unspecified atom stereocenters. The first kappa shape index (κ1) is 7.95. The predicted molar refractivity (Wildman–Crippen MR) is 29.8 cm³/mol. The molecule has 1 rings (SSSR count). The summed E-state index contributed by atoms with van der Waals surface area (Å²) in [5.41, 5.74) is 0. The molecule has 0 aliphatic rings. The number of imidazole rings is 1. The summed E-state index contributed by atoms with van der Waals surface area (Å²) in [4.78, 5) is 6.72. The van der Waals surface area contributed by atoms with E-state index in [0.717, 1.165) is 5.82 Å². The summed E-state index contributed by atoms with van der Waals surface area (Å²) in [7, 11) is 0. The number of hydrogen-bond donors (Lipinski definition) is 1. The van der Waals surface area contributed by atoms with Crippen molar-refractivity contribution in [2.45, 2.75) is 0 Å². The molecular formula is C5H7N2Na. The fourth-order valence-corrected chi connectivity index (χ4v) is 0.389. The van der Waals surface area contributed by atoms with E-state index in [1.165, 1.54) is 0 Å². The van der Waals surface area contributed by atoms with Crippen molar-refractivity contribution in [3.63, 3.8) is 0 Å². The number of hydrogen-bond acceptors (Lipinski definition) is 1. The molecule has 2 nitrogen and oxygen atoms in total. The second-order valence-corrected chi connectivity index (χ2v) is 1.18. The minimum absolute atomic E-state index is 0. The zero-order valence-electron chi connectivity index (χ0n) is 5.89. The first-order chi connectivity index (χ1) is 3.43. The molecule has 0 radical (unpaired) electrons. The molecule has 0 aromatic carbocycles. The molecule has 0 atom stereocenters. The van der Waals surface area contributed by atoms with E-state index >= 15 is 0 Å². The van der Waals surface area contributed by atoms with Crippen molar-refractivity contribution in [1.29, 1.82) is 0 Å². The maximum absolute atomic E-state index is 3.86. The van der Waals surface area contributed by atoms with Crippen molar-refractivity contribution in [3.8, 4) is 0 Å². The maximum Gasteiger partial charge on any atom is 1.00 e. The van der Waals surface area contributed by atoms with E-state index < -0.39 is 0 Å². The summed E-state index contributed by atoms with van der Waals surface area (Å²) in [5.74, 6) is 0.819. The second kappa shape index (κ2) is 3.89. The molecule has 38 valence electrons. The average molecular weight is 118 g/mol. The molecule has 0 saturated carbocycles. The van der Waals surface area contributed by atoms with E-state index in [1.807, 2.05) is 0 Å². The van der Waals surface area contributed by atoms with Gasteiger partial charge >= 0.3 is 29.6 Å². The predicted octanol–water partition coefficient (Wildman–Crippen LogP) is -1.83. The molecule has 3 heteroatoms. The topological polar surface area (TPSA) is 28.7 Å². The van der Waals surface area contributed by atoms with E-state index in [0.29, 0.717) is 0 Å². The Morgan fingerprint density at radius 1 is 1.88 bits per heavy atom. The van der Waals surface area contributed by atoms with Gasteiger partial charge in [0.2, 0.25) is 0 Å². The van der Waals surface area contributed by atoms with Crippen LogP contribution < -0.4 is 29.6 Å². The van der Waals surface area contributed by atoms with Crippen LogP contribution >= 0.6 is 0 Å². The number of nitrogens with one attached hydrogen (secondary N) is 1. The first-order valence-electron chi connectivity index (χ1n) is 2.05. The summed E-state index contributed by atoms with van der Waals surface area (Å²) in [6, 6.07) is 0. The zero-order chi connectivity index (χ0) is 5.11. The van der Waals surface area contributed by atoms with Crippen LogP contribution in [-0.2, 0) is 0 Å². The SMILES string of the molecule is C=Cc1ncc[nH]1.[H-].[Na+]. The molecule has 0 amide bonds. The number of rotatable bonds is 1. The molecule has 1 aromatic rings. The van der Waals surface area contributed by atoms with Crippen LogP contribution in [0.4, 0.5) is 0 Å². The molecule has 0 fully saturated rings. The minimum atomic E-state index is 0. The van der Waals surface area contributed by atoms with Gasteiger partial charge < -0.3 is 6.41 Å². The van der Waals surface area contributed by atoms with Gasteiger partial charge in [-0.2, -0.15) is 0 Å². The summed E-state index contributed by atoms with van der Waals surface area (Å²) < 4.78 is 0. The number of nitrogens with zero attached hydrogens (tertiary/aromatic N) is 1. The molecule has 1 heterocycles. The van der Waals surface area contributed by atoms with Gasteiger partial charge in [-0.1, -0.05) is 6.58 Å². The molecule has 8 heavy (non-hydrogen) atoms. The largest absolute Gasteiger partial charge is 1.00 e. The second-order valence-electron chi connectivity index (χ2n) is 1.18. The fourth-order valence-electron chi connectivity index (χ4n) is 0.389. The van der Waals surface area contributed by atoms with Crippen molar-refractivity contribution in [2.24, 2.45) is 0 Å². The standard InChI is InChI=1S/C5H6N2.Na.H/c1-2-5-6-3-4-7-5;;/h2-4H,1H2,(H,6,7);;/q;+1;-1. The Balaban J connectivity index is 0. The normalized spacial score (nSPS) is 7.50. The van der Waals surface area contributed by atoms with Gasteiger partial charge in [0.15, 0.2) is 0 Å². The molecule has 0 bridgehead atoms. The summed E-state index contributed by atoms with van der Waals surface area (Å²) >= 11 is 0. The van der Waals surface area contributed by atoms with Crippen LogP contribution in [0.15, 0.2) is 19.0 Å². The van der Waals surface area contributed by atoms with Crippen LogP contribution in [0, 0.1) is 0 Å². The smallest absolute Gasteiger partial charge is 1.00 e. The average Bonchev–Trinajstić information content (AvgIpc) is 2.14. The van der Waals surface area contributed by atoms with Gasteiger partial charge in [0.05, 0.1) is 0 Å². The zero-order valence-corrected chi connectivity index (χ0v) is 6.89. The van der Waals surface area contributed by atoms with Gasteiger partial charge in [0, 0.05) is 12.4 Å². The van der Waals surface area contributed by atoms with Crippen LogP contribution in [0.1, 0.15) is 7.25 Å². The molecule has 0 spiro atoms. The van der Waals surface area contributed by atoms with E-state index in [4.69, 9.17) is 0 Å². The summed E-state index contributed by atoms with van der Waals surface area (Å²) in [5, 5.41) is 0. The van der Waals surface area contributed by atoms with Crippen molar-refractivity contribution in [2.75, 3.05) is 0 Å². The van der Waals surface area contributed by atoms with Crippen LogP contribution in [0.25, 0.3) is 6.08 Å². The van der Waals surface area contributed by atoms with Gasteiger partial charge in [0.1, 0.15) is 5.82 Å². The van der Waals surface area contributed by atoms with Crippen molar-refractivity contribution in [1.82, 2.24) is 9.97 Å².